The SMILES string of the molecule is CC(C)c1ccccc1C1CS/C(=C(/C#N)n2ccnc2)S1. The highest BCUT2D eigenvalue weighted by Crippen LogP contribution is 2.53. The molecule has 0 N–H and O–H groups in total. The minimum absolute atomic E-state index is 0.408. The normalized spacial score (nSPS) is 20.2. The van der Waals surface area contributed by atoms with Gasteiger partial charge in [-0.25, -0.2) is 4.98 Å². The maximum atomic E-state index is 9.47. The van der Waals surface area contributed by atoms with E-state index < -0.39 is 0 Å². The fraction of sp³-hybridized carbons (Fsp3) is 0.294. The highest BCUT2D eigenvalue weighted by molar-refractivity contribution is 8.25. The standard InChI is InChI=1S/C17H17N3S2/c1-12(2)13-5-3-4-6-14(13)16-10-21-17(22-16)15(9-18)20-8-7-19-11-20/h3-8,11-12,16H,10H2,1-2H3/b17-15+. The van der Waals surface area contributed by atoms with Gasteiger partial charge in [0.1, 0.15) is 11.8 Å². The second kappa shape index (κ2) is 6.64. The number of imidazole rings is 1. The van der Waals surface area contributed by atoms with Crippen molar-refractivity contribution in [2.45, 2.75) is 25.0 Å². The Labute approximate surface area is 139 Å². The van der Waals surface area contributed by atoms with Crippen molar-refractivity contribution in [2.24, 2.45) is 0 Å². The van der Waals surface area contributed by atoms with Crippen LogP contribution in [-0.4, -0.2) is 15.3 Å². The van der Waals surface area contributed by atoms with Gasteiger partial charge in [-0.3, -0.25) is 4.57 Å². The van der Waals surface area contributed by atoms with Gasteiger partial charge in [0.25, 0.3) is 0 Å². The molecule has 2 aromatic rings. The van der Waals surface area contributed by atoms with E-state index in [-0.39, 0.29) is 0 Å². The van der Waals surface area contributed by atoms with Gasteiger partial charge >= 0.3 is 0 Å². The Balaban J connectivity index is 1.91. The molecule has 1 saturated heterocycles. The summed E-state index contributed by atoms with van der Waals surface area (Å²) >= 11 is 3.57. The van der Waals surface area contributed by atoms with Gasteiger partial charge in [0.2, 0.25) is 0 Å². The third-order valence-electron chi connectivity index (χ3n) is 3.64. The van der Waals surface area contributed by atoms with E-state index >= 15 is 0 Å². The fourth-order valence-corrected chi connectivity index (χ4v) is 5.49. The molecule has 2 heterocycles. The molecule has 22 heavy (non-hydrogen) atoms. The predicted octanol–water partition coefficient (Wildman–Crippen LogP) is 4.88. The van der Waals surface area contributed by atoms with Crippen LogP contribution in [0.4, 0.5) is 0 Å². The van der Waals surface area contributed by atoms with E-state index in [0.717, 1.165) is 9.99 Å². The van der Waals surface area contributed by atoms with E-state index in [4.69, 9.17) is 0 Å². The minimum atomic E-state index is 0.408. The maximum Gasteiger partial charge on any atom is 0.145 e. The van der Waals surface area contributed by atoms with Crippen molar-refractivity contribution >= 4 is 29.2 Å². The molecule has 112 valence electrons. The first-order valence-electron chi connectivity index (χ1n) is 7.21. The summed E-state index contributed by atoms with van der Waals surface area (Å²) in [5.74, 6) is 1.52. The average Bonchev–Trinajstić information content (AvgIpc) is 3.20. The van der Waals surface area contributed by atoms with Crippen molar-refractivity contribution in [2.75, 3.05) is 5.75 Å². The molecule has 3 rings (SSSR count). The summed E-state index contributed by atoms with van der Waals surface area (Å²) in [5, 5.41) is 9.88. The van der Waals surface area contributed by atoms with Gasteiger partial charge in [0.05, 0.1) is 10.6 Å². The van der Waals surface area contributed by atoms with Gasteiger partial charge in [-0.05, 0) is 17.0 Å². The Hall–Kier alpha value is -1.64. The molecule has 5 heteroatoms. The van der Waals surface area contributed by atoms with Gasteiger partial charge in [-0.15, -0.1) is 23.5 Å². The van der Waals surface area contributed by atoms with Crippen LogP contribution in [0.5, 0.6) is 0 Å². The van der Waals surface area contributed by atoms with Crippen LogP contribution in [0.1, 0.15) is 36.1 Å². The zero-order valence-corrected chi connectivity index (χ0v) is 14.2. The molecule has 1 atom stereocenters. The van der Waals surface area contributed by atoms with Gasteiger partial charge in [0.15, 0.2) is 0 Å². The van der Waals surface area contributed by atoms with Crippen LogP contribution in [-0.2, 0) is 0 Å². The van der Waals surface area contributed by atoms with Gasteiger partial charge in [-0.2, -0.15) is 5.26 Å². The second-order valence-corrected chi connectivity index (χ2v) is 7.92. The molecule has 0 bridgehead atoms. The van der Waals surface area contributed by atoms with Crippen LogP contribution in [0.25, 0.3) is 5.70 Å². The Kier molecular flexibility index (Phi) is 4.60. The summed E-state index contributed by atoms with van der Waals surface area (Å²) in [4.78, 5) is 4.04. The number of hydrogen-bond acceptors (Lipinski definition) is 4. The highest BCUT2D eigenvalue weighted by Gasteiger charge is 2.28. The van der Waals surface area contributed by atoms with Crippen molar-refractivity contribution in [3.8, 4) is 6.07 Å². The van der Waals surface area contributed by atoms with E-state index in [9.17, 15) is 5.26 Å². The minimum Gasteiger partial charge on any atom is -0.296 e. The Morgan fingerprint density at radius 2 is 2.23 bits per heavy atom. The Morgan fingerprint density at radius 3 is 2.91 bits per heavy atom. The van der Waals surface area contributed by atoms with Crippen molar-refractivity contribution in [3.63, 3.8) is 0 Å². The zero-order valence-electron chi connectivity index (χ0n) is 12.6. The van der Waals surface area contributed by atoms with Crippen LogP contribution in [0.2, 0.25) is 0 Å². The quantitative estimate of drug-likeness (QED) is 0.754. The number of aromatic nitrogens is 2. The molecule has 3 nitrogen and oxygen atoms in total. The third kappa shape index (κ3) is 2.94. The molecule has 0 aliphatic carbocycles. The number of nitriles is 1. The summed E-state index contributed by atoms with van der Waals surface area (Å²) in [6.07, 6.45) is 5.21. The van der Waals surface area contributed by atoms with Crippen LogP contribution >= 0.6 is 23.5 Å². The van der Waals surface area contributed by atoms with Crippen LogP contribution in [0.15, 0.2) is 47.2 Å². The number of hydrogen-bond donors (Lipinski definition) is 0. The number of benzene rings is 1. The molecule has 0 spiro atoms. The smallest absolute Gasteiger partial charge is 0.145 e. The summed E-state index contributed by atoms with van der Waals surface area (Å²) in [6, 6.07) is 11.0. The van der Waals surface area contributed by atoms with E-state index in [2.05, 4.69) is 49.2 Å². The number of rotatable bonds is 3. The summed E-state index contributed by atoms with van der Waals surface area (Å²) in [5.41, 5.74) is 3.48. The summed E-state index contributed by atoms with van der Waals surface area (Å²) in [6.45, 7) is 4.46. The molecular formula is C17H17N3S2. The Bertz CT molecular complexity index is 727. The van der Waals surface area contributed by atoms with Crippen molar-refractivity contribution in [1.29, 1.82) is 5.26 Å². The third-order valence-corrected chi connectivity index (χ3v) is 6.56. The molecule has 1 aromatic carbocycles. The maximum absolute atomic E-state index is 9.47. The first-order valence-corrected chi connectivity index (χ1v) is 9.08. The summed E-state index contributed by atoms with van der Waals surface area (Å²) < 4.78 is 2.88. The predicted molar refractivity (Wildman–Crippen MR) is 94.4 cm³/mol. The van der Waals surface area contributed by atoms with E-state index in [0.29, 0.717) is 16.9 Å². The van der Waals surface area contributed by atoms with Crippen molar-refractivity contribution in [1.82, 2.24) is 9.55 Å². The first-order chi connectivity index (χ1) is 10.7. The van der Waals surface area contributed by atoms with E-state index in [1.165, 1.54) is 11.1 Å². The topological polar surface area (TPSA) is 41.6 Å². The fourth-order valence-electron chi connectivity index (χ4n) is 2.56. The molecule has 0 saturated carbocycles. The molecule has 1 unspecified atom stereocenters. The second-order valence-electron chi connectivity index (χ2n) is 5.42. The molecule has 0 radical (unpaired) electrons. The molecule has 1 aliphatic heterocycles. The number of thioether (sulfide) groups is 2. The molecule has 1 aliphatic rings. The van der Waals surface area contributed by atoms with E-state index in [1.54, 1.807) is 40.6 Å². The van der Waals surface area contributed by atoms with Crippen LogP contribution in [0, 0.1) is 11.3 Å². The lowest BCUT2D eigenvalue weighted by Gasteiger charge is -2.16. The Morgan fingerprint density at radius 1 is 1.41 bits per heavy atom. The molecule has 0 amide bonds. The van der Waals surface area contributed by atoms with Crippen molar-refractivity contribution in [3.05, 3.63) is 58.4 Å². The monoisotopic (exact) mass is 327 g/mol. The lowest BCUT2D eigenvalue weighted by atomic mass is 9.96. The molecule has 1 fully saturated rings. The lowest BCUT2D eigenvalue weighted by Crippen LogP contribution is -2.00. The first kappa shape index (κ1) is 15.3. The van der Waals surface area contributed by atoms with Crippen LogP contribution in [0.3, 0.4) is 0 Å². The molecular weight excluding hydrogens is 310 g/mol. The molecule has 1 aromatic heterocycles. The van der Waals surface area contributed by atoms with Gasteiger partial charge in [-0.1, -0.05) is 38.1 Å². The van der Waals surface area contributed by atoms with Gasteiger partial charge in [0, 0.05) is 23.4 Å². The van der Waals surface area contributed by atoms with Crippen molar-refractivity contribution < 1.29 is 0 Å². The summed E-state index contributed by atoms with van der Waals surface area (Å²) in [7, 11) is 0. The largest absolute Gasteiger partial charge is 0.296 e. The average molecular weight is 327 g/mol. The zero-order chi connectivity index (χ0) is 15.5. The van der Waals surface area contributed by atoms with Gasteiger partial charge < -0.3 is 0 Å². The lowest BCUT2D eigenvalue weighted by molar-refractivity contribution is 0.843. The van der Waals surface area contributed by atoms with E-state index in [1.807, 2.05) is 6.20 Å². The number of allylic oxidation sites excluding steroid dienone is 1. The van der Waals surface area contributed by atoms with Crippen LogP contribution < -0.4 is 0 Å². The highest BCUT2D eigenvalue weighted by atomic mass is 32.2. The number of nitrogens with zero attached hydrogens (tertiary/aromatic N) is 3.